The second kappa shape index (κ2) is 5.22. The van der Waals surface area contributed by atoms with Gasteiger partial charge in [0, 0.05) is 11.6 Å². The van der Waals surface area contributed by atoms with E-state index in [0.717, 1.165) is 0 Å². The summed E-state index contributed by atoms with van der Waals surface area (Å²) in [6.07, 6.45) is 0. The first-order valence-electron chi connectivity index (χ1n) is 5.18. The zero-order chi connectivity index (χ0) is 13.1. The van der Waals surface area contributed by atoms with Gasteiger partial charge in [-0.25, -0.2) is 0 Å². The molecule has 0 aliphatic carbocycles. The second-order valence-corrected chi connectivity index (χ2v) is 4.49. The Labute approximate surface area is 112 Å². The highest BCUT2D eigenvalue weighted by Gasteiger charge is 2.11. The lowest BCUT2D eigenvalue weighted by atomic mass is 10.2. The number of methoxy groups -OCH3 is 1. The van der Waals surface area contributed by atoms with Gasteiger partial charge in [-0.3, -0.25) is 10.1 Å². The third-order valence-corrected chi connectivity index (χ3v) is 2.90. The van der Waals surface area contributed by atoms with Crippen molar-refractivity contribution in [2.24, 2.45) is 0 Å². The third kappa shape index (κ3) is 2.70. The first kappa shape index (κ1) is 12.6. The molecule has 1 aromatic carbocycles. The van der Waals surface area contributed by atoms with Gasteiger partial charge in [0.05, 0.1) is 17.3 Å². The van der Waals surface area contributed by atoms with Crippen LogP contribution in [0.25, 0.3) is 0 Å². The van der Waals surface area contributed by atoms with E-state index in [-0.39, 0.29) is 5.91 Å². The summed E-state index contributed by atoms with van der Waals surface area (Å²) in [4.78, 5) is 11.9. The Morgan fingerprint density at radius 1 is 1.44 bits per heavy atom. The molecule has 0 aliphatic heterocycles. The van der Waals surface area contributed by atoms with Crippen LogP contribution in [0.4, 0.5) is 5.88 Å². The van der Waals surface area contributed by atoms with Gasteiger partial charge in [0.15, 0.2) is 0 Å². The number of benzene rings is 1. The molecule has 2 aromatic rings. The topological polar surface area (TPSA) is 64.4 Å². The zero-order valence-electron chi connectivity index (χ0n) is 9.86. The Morgan fingerprint density at radius 3 is 2.78 bits per heavy atom. The van der Waals surface area contributed by atoms with Crippen LogP contribution < -0.4 is 10.1 Å². The maximum absolute atomic E-state index is 11.9. The van der Waals surface area contributed by atoms with E-state index in [1.54, 1.807) is 38.3 Å². The van der Waals surface area contributed by atoms with Gasteiger partial charge >= 0.3 is 0 Å². The van der Waals surface area contributed by atoms with Crippen molar-refractivity contribution in [1.82, 2.24) is 5.16 Å². The molecular weight excluding hydrogens is 300 g/mol. The smallest absolute Gasteiger partial charge is 0.258 e. The van der Waals surface area contributed by atoms with Gasteiger partial charge in [0.25, 0.3) is 5.91 Å². The number of aromatic nitrogens is 1. The summed E-state index contributed by atoms with van der Waals surface area (Å²) >= 11 is 3.32. The van der Waals surface area contributed by atoms with Gasteiger partial charge in [-0.15, -0.1) is 0 Å². The van der Waals surface area contributed by atoms with Crippen LogP contribution in [0.15, 0.2) is 33.3 Å². The molecule has 0 saturated carbocycles. The molecule has 0 saturated heterocycles. The number of anilines is 1. The molecule has 1 heterocycles. The molecule has 6 heteroatoms. The van der Waals surface area contributed by atoms with Gasteiger partial charge in [0.2, 0.25) is 5.88 Å². The number of rotatable bonds is 3. The number of amides is 1. The maximum atomic E-state index is 11.9. The number of hydrogen-bond donors (Lipinski definition) is 1. The number of nitrogens with zero attached hydrogens (tertiary/aromatic N) is 1. The third-order valence-electron chi connectivity index (χ3n) is 2.28. The lowest BCUT2D eigenvalue weighted by Crippen LogP contribution is -2.11. The lowest BCUT2D eigenvalue weighted by Gasteiger charge is -2.05. The Bertz CT molecular complexity index is 580. The van der Waals surface area contributed by atoms with Gasteiger partial charge < -0.3 is 9.26 Å². The summed E-state index contributed by atoms with van der Waals surface area (Å²) in [7, 11) is 1.57. The minimum atomic E-state index is -0.269. The minimum absolute atomic E-state index is 0.269. The normalized spacial score (nSPS) is 10.2. The maximum Gasteiger partial charge on any atom is 0.258 e. The molecule has 0 atom stereocenters. The van der Waals surface area contributed by atoms with E-state index in [1.165, 1.54) is 0 Å². The fraction of sp³-hybridized carbons (Fsp3) is 0.167. The molecule has 5 nitrogen and oxygen atoms in total. The van der Waals surface area contributed by atoms with Crippen LogP contribution in [-0.2, 0) is 0 Å². The van der Waals surface area contributed by atoms with Gasteiger partial charge in [0.1, 0.15) is 5.75 Å². The molecular formula is C12H11BrN2O3. The van der Waals surface area contributed by atoms with Crippen molar-refractivity contribution < 1.29 is 14.1 Å². The van der Waals surface area contributed by atoms with Crippen LogP contribution in [0.1, 0.15) is 16.1 Å². The van der Waals surface area contributed by atoms with Gasteiger partial charge in [-0.1, -0.05) is 5.16 Å². The van der Waals surface area contributed by atoms with E-state index in [1.807, 2.05) is 0 Å². The van der Waals surface area contributed by atoms with E-state index in [0.29, 0.717) is 27.4 Å². The zero-order valence-corrected chi connectivity index (χ0v) is 11.4. The highest BCUT2D eigenvalue weighted by Crippen LogP contribution is 2.25. The quantitative estimate of drug-likeness (QED) is 0.946. The fourth-order valence-electron chi connectivity index (χ4n) is 1.41. The van der Waals surface area contributed by atoms with Crippen molar-refractivity contribution in [3.63, 3.8) is 0 Å². The average Bonchev–Trinajstić information content (AvgIpc) is 2.74. The second-order valence-electron chi connectivity index (χ2n) is 3.64. The van der Waals surface area contributed by atoms with E-state index in [9.17, 15) is 4.79 Å². The highest BCUT2D eigenvalue weighted by atomic mass is 79.9. The van der Waals surface area contributed by atoms with Gasteiger partial charge in [-0.2, -0.15) is 0 Å². The van der Waals surface area contributed by atoms with E-state index >= 15 is 0 Å². The molecule has 0 bridgehead atoms. The van der Waals surface area contributed by atoms with Crippen LogP contribution >= 0.6 is 15.9 Å². The molecule has 0 radical (unpaired) electrons. The number of nitrogens with one attached hydrogen (secondary N) is 1. The first-order valence-corrected chi connectivity index (χ1v) is 5.97. The van der Waals surface area contributed by atoms with E-state index in [2.05, 4.69) is 26.4 Å². The Balaban J connectivity index is 2.16. The summed E-state index contributed by atoms with van der Waals surface area (Å²) in [5, 5.41) is 6.30. The number of ether oxygens (including phenoxy) is 1. The van der Waals surface area contributed by atoms with Crippen molar-refractivity contribution in [2.45, 2.75) is 6.92 Å². The summed E-state index contributed by atoms with van der Waals surface area (Å²) in [5.41, 5.74) is 1.21. The van der Waals surface area contributed by atoms with Crippen molar-refractivity contribution in [3.05, 3.63) is 40.0 Å². The average molecular weight is 311 g/mol. The minimum Gasteiger partial charge on any atom is -0.496 e. The number of carbonyl (C=O) groups is 1. The van der Waals surface area contributed by atoms with Crippen LogP contribution in [0, 0.1) is 6.92 Å². The molecule has 94 valence electrons. The number of halogens is 1. The van der Waals surface area contributed by atoms with E-state index in [4.69, 9.17) is 9.26 Å². The van der Waals surface area contributed by atoms with Crippen LogP contribution in [0.5, 0.6) is 5.75 Å². The highest BCUT2D eigenvalue weighted by molar-refractivity contribution is 9.10. The number of carbonyl (C=O) groups excluding carboxylic acids is 1. The number of hydrogen-bond acceptors (Lipinski definition) is 4. The predicted octanol–water partition coefficient (Wildman–Crippen LogP) is 3.01. The fourth-order valence-corrected chi connectivity index (χ4v) is 1.95. The molecule has 1 N–H and O–H groups in total. The molecule has 18 heavy (non-hydrogen) atoms. The van der Waals surface area contributed by atoms with Crippen LogP contribution in [0.3, 0.4) is 0 Å². The monoisotopic (exact) mass is 310 g/mol. The van der Waals surface area contributed by atoms with Crippen LogP contribution in [0.2, 0.25) is 0 Å². The molecule has 1 aromatic heterocycles. The molecule has 0 fully saturated rings. The Morgan fingerprint density at radius 2 is 2.22 bits per heavy atom. The van der Waals surface area contributed by atoms with Crippen LogP contribution in [-0.4, -0.2) is 18.2 Å². The van der Waals surface area contributed by atoms with E-state index < -0.39 is 0 Å². The van der Waals surface area contributed by atoms with Crippen molar-refractivity contribution in [2.75, 3.05) is 12.4 Å². The Hall–Kier alpha value is -1.82. The molecule has 0 aliphatic rings. The van der Waals surface area contributed by atoms with Crippen molar-refractivity contribution in [3.8, 4) is 5.75 Å². The molecule has 1 amide bonds. The van der Waals surface area contributed by atoms with Crippen molar-refractivity contribution in [1.29, 1.82) is 0 Å². The largest absolute Gasteiger partial charge is 0.496 e. The Kier molecular flexibility index (Phi) is 3.66. The first-order chi connectivity index (χ1) is 8.60. The summed E-state index contributed by atoms with van der Waals surface area (Å²) in [6, 6.07) is 6.71. The summed E-state index contributed by atoms with van der Waals surface area (Å²) < 4.78 is 10.7. The molecule has 0 unspecified atom stereocenters. The predicted molar refractivity (Wildman–Crippen MR) is 69.9 cm³/mol. The summed E-state index contributed by atoms with van der Waals surface area (Å²) in [6.45, 7) is 1.78. The van der Waals surface area contributed by atoms with Gasteiger partial charge in [-0.05, 0) is 41.1 Å². The number of aryl methyl sites for hydroxylation is 1. The summed E-state index contributed by atoms with van der Waals surface area (Å²) in [5.74, 6) is 0.723. The lowest BCUT2D eigenvalue weighted by molar-refractivity contribution is 0.102. The molecule has 0 spiro atoms. The molecule has 2 rings (SSSR count). The SMILES string of the molecule is COc1ccc(C(=O)Nc2cc(C)no2)cc1Br. The van der Waals surface area contributed by atoms with Crippen molar-refractivity contribution >= 4 is 27.7 Å². The standard InChI is InChI=1S/C12H11BrN2O3/c1-7-5-11(18-15-7)14-12(16)8-3-4-10(17-2)9(13)6-8/h3-6H,1-2H3,(H,14,16).